The van der Waals surface area contributed by atoms with Crippen molar-refractivity contribution in [3.63, 3.8) is 0 Å². The van der Waals surface area contributed by atoms with Crippen molar-refractivity contribution in [1.82, 2.24) is 0 Å². The van der Waals surface area contributed by atoms with E-state index in [-0.39, 0.29) is 0 Å². The van der Waals surface area contributed by atoms with E-state index in [2.05, 4.69) is 42.5 Å². The third kappa shape index (κ3) is 1.06. The molecule has 4 aromatic rings. The van der Waals surface area contributed by atoms with Crippen LogP contribution in [0, 0.1) is 6.92 Å². The molecule has 0 unspecified atom stereocenters. The van der Waals surface area contributed by atoms with Gasteiger partial charge in [-0.1, -0.05) is 36.4 Å². The lowest BCUT2D eigenvalue weighted by molar-refractivity contribution is 0.478. The lowest BCUT2D eigenvalue weighted by atomic mass is 9.92. The van der Waals surface area contributed by atoms with Gasteiger partial charge in [-0.15, -0.1) is 0 Å². The van der Waals surface area contributed by atoms with Crippen LogP contribution in [0.3, 0.4) is 0 Å². The zero-order valence-electron chi connectivity index (χ0n) is 10.1. The number of aromatic hydroxyl groups is 1. The van der Waals surface area contributed by atoms with Crippen LogP contribution in [0.5, 0.6) is 5.75 Å². The monoisotopic (exact) mass is 232 g/mol. The number of aryl methyl sites for hydroxylation is 1. The minimum Gasteiger partial charge on any atom is -0.507 e. The molecule has 4 aromatic carbocycles. The van der Waals surface area contributed by atoms with E-state index in [1.165, 1.54) is 26.9 Å². The van der Waals surface area contributed by atoms with Gasteiger partial charge in [0, 0.05) is 10.8 Å². The Morgan fingerprint density at radius 2 is 1.44 bits per heavy atom. The van der Waals surface area contributed by atoms with Crippen LogP contribution < -0.4 is 0 Å². The Kier molecular flexibility index (Phi) is 1.69. The third-order valence-corrected chi connectivity index (χ3v) is 3.81. The maximum atomic E-state index is 10.2. The molecule has 0 heterocycles. The SMILES string of the molecule is Cc1cc2ccc3cccc4ccc(c1O)c2c34. The molecule has 4 rings (SSSR count). The average molecular weight is 232 g/mol. The van der Waals surface area contributed by atoms with E-state index in [0.717, 1.165) is 10.9 Å². The van der Waals surface area contributed by atoms with E-state index < -0.39 is 0 Å². The summed E-state index contributed by atoms with van der Waals surface area (Å²) in [6, 6.07) is 16.8. The van der Waals surface area contributed by atoms with Crippen LogP contribution in [-0.2, 0) is 0 Å². The number of hydrogen-bond acceptors (Lipinski definition) is 1. The highest BCUT2D eigenvalue weighted by molar-refractivity contribution is 6.24. The molecule has 0 aliphatic carbocycles. The van der Waals surface area contributed by atoms with Crippen molar-refractivity contribution in [2.45, 2.75) is 6.92 Å². The third-order valence-electron chi connectivity index (χ3n) is 3.81. The van der Waals surface area contributed by atoms with E-state index in [9.17, 15) is 5.11 Å². The maximum Gasteiger partial charge on any atom is 0.126 e. The molecule has 1 heteroatoms. The van der Waals surface area contributed by atoms with Crippen LogP contribution in [0.1, 0.15) is 5.56 Å². The lowest BCUT2D eigenvalue weighted by Crippen LogP contribution is -1.86. The second-order valence-electron chi connectivity index (χ2n) is 4.90. The highest BCUT2D eigenvalue weighted by atomic mass is 16.3. The number of phenols is 1. The maximum absolute atomic E-state index is 10.2. The zero-order valence-corrected chi connectivity index (χ0v) is 10.1. The molecule has 0 atom stereocenters. The molecule has 0 aliphatic heterocycles. The molecule has 18 heavy (non-hydrogen) atoms. The van der Waals surface area contributed by atoms with Gasteiger partial charge in [0.15, 0.2) is 0 Å². The van der Waals surface area contributed by atoms with Crippen molar-refractivity contribution in [2.24, 2.45) is 0 Å². The van der Waals surface area contributed by atoms with E-state index in [1.807, 2.05) is 13.0 Å². The van der Waals surface area contributed by atoms with Crippen LogP contribution >= 0.6 is 0 Å². The van der Waals surface area contributed by atoms with E-state index >= 15 is 0 Å². The molecular weight excluding hydrogens is 220 g/mol. The van der Waals surface area contributed by atoms with E-state index in [0.29, 0.717) is 5.75 Å². The fourth-order valence-electron chi connectivity index (χ4n) is 2.94. The van der Waals surface area contributed by atoms with Crippen molar-refractivity contribution in [2.75, 3.05) is 0 Å². The predicted octanol–water partition coefficient (Wildman–Crippen LogP) is 4.60. The van der Waals surface area contributed by atoms with Crippen molar-refractivity contribution in [3.05, 3.63) is 54.1 Å². The molecule has 0 saturated heterocycles. The first kappa shape index (κ1) is 9.72. The summed E-state index contributed by atoms with van der Waals surface area (Å²) in [5, 5.41) is 17.3. The van der Waals surface area contributed by atoms with Gasteiger partial charge in [0.25, 0.3) is 0 Å². The van der Waals surface area contributed by atoms with Gasteiger partial charge in [-0.3, -0.25) is 0 Å². The predicted molar refractivity (Wildman–Crippen MR) is 76.5 cm³/mol. The Morgan fingerprint density at radius 3 is 2.22 bits per heavy atom. The van der Waals surface area contributed by atoms with Gasteiger partial charge in [0.05, 0.1) is 0 Å². The number of benzene rings is 4. The second kappa shape index (κ2) is 3.14. The summed E-state index contributed by atoms with van der Waals surface area (Å²) in [5.41, 5.74) is 0.931. The molecule has 0 aliphatic rings. The largest absolute Gasteiger partial charge is 0.507 e. The Hall–Kier alpha value is -2.28. The van der Waals surface area contributed by atoms with E-state index in [1.54, 1.807) is 0 Å². The summed E-state index contributed by atoms with van der Waals surface area (Å²) < 4.78 is 0. The quantitative estimate of drug-likeness (QED) is 0.439. The Labute approximate surface area is 105 Å². The fraction of sp³-hybridized carbons (Fsp3) is 0.0588. The summed E-state index contributed by atoms with van der Waals surface area (Å²) in [6.45, 7) is 1.95. The molecule has 0 fully saturated rings. The minimum absolute atomic E-state index is 0.403. The summed E-state index contributed by atoms with van der Waals surface area (Å²) in [6.07, 6.45) is 0. The molecule has 0 saturated carbocycles. The van der Waals surface area contributed by atoms with Gasteiger partial charge in [-0.05, 0) is 46.2 Å². The van der Waals surface area contributed by atoms with Crippen molar-refractivity contribution in [3.8, 4) is 5.75 Å². The smallest absolute Gasteiger partial charge is 0.126 e. The lowest BCUT2D eigenvalue weighted by Gasteiger charge is -2.12. The fourth-order valence-corrected chi connectivity index (χ4v) is 2.94. The normalized spacial score (nSPS) is 11.8. The molecule has 1 nitrogen and oxygen atoms in total. The van der Waals surface area contributed by atoms with Crippen LogP contribution in [0.25, 0.3) is 32.3 Å². The molecular formula is C17H12O. The molecule has 0 amide bonds. The van der Waals surface area contributed by atoms with Gasteiger partial charge in [-0.25, -0.2) is 0 Å². The van der Waals surface area contributed by atoms with E-state index in [4.69, 9.17) is 0 Å². The molecule has 0 radical (unpaired) electrons. The summed E-state index contributed by atoms with van der Waals surface area (Å²) >= 11 is 0. The van der Waals surface area contributed by atoms with Crippen molar-refractivity contribution >= 4 is 32.3 Å². The van der Waals surface area contributed by atoms with Crippen molar-refractivity contribution in [1.29, 1.82) is 0 Å². The van der Waals surface area contributed by atoms with Gasteiger partial charge < -0.3 is 5.11 Å². The topological polar surface area (TPSA) is 20.2 Å². The molecule has 0 aromatic heterocycles. The summed E-state index contributed by atoms with van der Waals surface area (Å²) in [5.74, 6) is 0.403. The molecule has 0 bridgehead atoms. The Balaban J connectivity index is 2.46. The molecule has 1 N–H and O–H groups in total. The summed E-state index contributed by atoms with van der Waals surface area (Å²) in [4.78, 5) is 0. The standard InChI is InChI=1S/C17H12O/c1-10-9-13-6-5-11-3-2-4-12-7-8-14(17(10)18)16(13)15(11)12/h2-9,18H,1H3. The average Bonchev–Trinajstić information content (AvgIpc) is 2.40. The van der Waals surface area contributed by atoms with Gasteiger partial charge in [-0.2, -0.15) is 0 Å². The first-order valence-corrected chi connectivity index (χ1v) is 6.12. The highest BCUT2D eigenvalue weighted by Gasteiger charge is 2.11. The Morgan fingerprint density at radius 1 is 0.778 bits per heavy atom. The Bertz CT molecular complexity index is 874. The first-order chi connectivity index (χ1) is 8.75. The first-order valence-electron chi connectivity index (χ1n) is 6.12. The summed E-state index contributed by atoms with van der Waals surface area (Å²) in [7, 11) is 0. The molecule has 0 spiro atoms. The highest BCUT2D eigenvalue weighted by Crippen LogP contribution is 2.39. The number of phenolic OH excluding ortho intramolecular Hbond substituents is 1. The van der Waals surface area contributed by atoms with Crippen LogP contribution in [0.4, 0.5) is 0 Å². The molecule has 86 valence electrons. The van der Waals surface area contributed by atoms with Gasteiger partial charge in [0.1, 0.15) is 5.75 Å². The van der Waals surface area contributed by atoms with Crippen LogP contribution in [-0.4, -0.2) is 5.11 Å². The minimum atomic E-state index is 0.403. The zero-order chi connectivity index (χ0) is 12.3. The number of rotatable bonds is 0. The number of hydrogen-bond donors (Lipinski definition) is 1. The van der Waals surface area contributed by atoms with Crippen molar-refractivity contribution < 1.29 is 5.11 Å². The van der Waals surface area contributed by atoms with Gasteiger partial charge in [0.2, 0.25) is 0 Å². The second-order valence-corrected chi connectivity index (χ2v) is 4.90. The van der Waals surface area contributed by atoms with Crippen LogP contribution in [0.2, 0.25) is 0 Å². The van der Waals surface area contributed by atoms with Gasteiger partial charge >= 0.3 is 0 Å². The van der Waals surface area contributed by atoms with Crippen LogP contribution in [0.15, 0.2) is 48.5 Å².